The Bertz CT molecular complexity index is 1290. The third-order valence-corrected chi connectivity index (χ3v) is 7.30. The summed E-state index contributed by atoms with van der Waals surface area (Å²) in [5, 5.41) is 3.47. The number of ether oxygens (including phenoxy) is 1. The summed E-state index contributed by atoms with van der Waals surface area (Å²) in [6, 6.07) is 20.7. The van der Waals surface area contributed by atoms with Crippen LogP contribution in [0.5, 0.6) is 11.5 Å². The van der Waals surface area contributed by atoms with Gasteiger partial charge in [-0.25, -0.2) is 0 Å². The molecule has 2 aromatic carbocycles. The van der Waals surface area contributed by atoms with E-state index in [9.17, 15) is 9.59 Å². The number of carbonyl (C=O) groups is 1. The average molecular weight is 458 g/mol. The number of nitrogens with zero attached hydrogens (tertiary/aromatic N) is 2. The normalized spacial score (nSPS) is 20.7. The molecule has 1 amide bonds. The van der Waals surface area contributed by atoms with E-state index in [1.165, 1.54) is 0 Å². The van der Waals surface area contributed by atoms with Crippen molar-refractivity contribution >= 4 is 23.2 Å². The maximum absolute atomic E-state index is 13.5. The van der Waals surface area contributed by atoms with Crippen LogP contribution in [0.25, 0.3) is 0 Å². The molecule has 3 aliphatic rings. The van der Waals surface area contributed by atoms with Gasteiger partial charge in [-0.05, 0) is 42.8 Å². The van der Waals surface area contributed by atoms with Gasteiger partial charge in [0.15, 0.2) is 5.11 Å². The molecule has 7 heteroatoms. The SMILES string of the molecule is O=C(NC(=S)N1CC2CC(C1)c1cccc(=O)n1C2)C1c2ccccc2Oc2ccccc21. The van der Waals surface area contributed by atoms with Crippen molar-refractivity contribution in [2.45, 2.75) is 24.8 Å². The molecule has 0 saturated carbocycles. The van der Waals surface area contributed by atoms with Crippen LogP contribution in [0.15, 0.2) is 71.5 Å². The Balaban J connectivity index is 1.25. The first-order valence-corrected chi connectivity index (χ1v) is 11.6. The number of carbonyl (C=O) groups excluding carboxylic acids is 1. The number of para-hydroxylation sites is 2. The minimum absolute atomic E-state index is 0.0587. The maximum Gasteiger partial charge on any atom is 0.250 e. The van der Waals surface area contributed by atoms with Gasteiger partial charge in [-0.15, -0.1) is 0 Å². The van der Waals surface area contributed by atoms with E-state index >= 15 is 0 Å². The zero-order valence-electron chi connectivity index (χ0n) is 17.9. The molecule has 2 atom stereocenters. The molecular weight excluding hydrogens is 434 g/mol. The highest BCUT2D eigenvalue weighted by Crippen LogP contribution is 2.44. The van der Waals surface area contributed by atoms with Crippen molar-refractivity contribution in [1.82, 2.24) is 14.8 Å². The van der Waals surface area contributed by atoms with Gasteiger partial charge in [-0.1, -0.05) is 42.5 Å². The van der Waals surface area contributed by atoms with Crippen molar-refractivity contribution in [3.8, 4) is 11.5 Å². The van der Waals surface area contributed by atoms with E-state index in [-0.39, 0.29) is 17.4 Å². The summed E-state index contributed by atoms with van der Waals surface area (Å²) in [4.78, 5) is 27.9. The molecule has 1 fully saturated rings. The van der Waals surface area contributed by atoms with Crippen molar-refractivity contribution in [2.75, 3.05) is 13.1 Å². The molecule has 33 heavy (non-hydrogen) atoms. The van der Waals surface area contributed by atoms with Gasteiger partial charge in [0.1, 0.15) is 11.5 Å². The summed E-state index contributed by atoms with van der Waals surface area (Å²) >= 11 is 5.71. The fraction of sp³-hybridized carbons (Fsp3) is 0.269. The highest BCUT2D eigenvalue weighted by atomic mass is 32.1. The molecule has 1 aromatic heterocycles. The van der Waals surface area contributed by atoms with E-state index in [1.54, 1.807) is 6.07 Å². The maximum atomic E-state index is 13.5. The summed E-state index contributed by atoms with van der Waals surface area (Å²) in [5.41, 5.74) is 2.79. The minimum atomic E-state index is -0.493. The highest BCUT2D eigenvalue weighted by molar-refractivity contribution is 7.80. The Morgan fingerprint density at radius 1 is 0.909 bits per heavy atom. The molecule has 0 spiro atoms. The lowest BCUT2D eigenvalue weighted by Crippen LogP contribution is -2.53. The van der Waals surface area contributed by atoms with E-state index in [2.05, 4.69) is 10.2 Å². The van der Waals surface area contributed by atoms with Crippen LogP contribution in [0, 0.1) is 5.92 Å². The largest absolute Gasteiger partial charge is 0.457 e. The van der Waals surface area contributed by atoms with E-state index < -0.39 is 5.92 Å². The second-order valence-electron chi connectivity index (χ2n) is 9.01. The zero-order chi connectivity index (χ0) is 22.5. The van der Waals surface area contributed by atoms with Crippen LogP contribution in [-0.4, -0.2) is 33.6 Å². The molecule has 6 nitrogen and oxygen atoms in total. The van der Waals surface area contributed by atoms with Gasteiger partial charge in [0.25, 0.3) is 5.56 Å². The van der Waals surface area contributed by atoms with E-state index in [4.69, 9.17) is 17.0 Å². The van der Waals surface area contributed by atoms with Gasteiger partial charge in [-0.3, -0.25) is 9.59 Å². The zero-order valence-corrected chi connectivity index (χ0v) is 18.8. The molecule has 3 aromatic rings. The van der Waals surface area contributed by atoms with Gasteiger partial charge in [0.05, 0.1) is 5.92 Å². The van der Waals surface area contributed by atoms with Crippen LogP contribution in [0.4, 0.5) is 0 Å². The second-order valence-corrected chi connectivity index (χ2v) is 9.39. The third-order valence-electron chi connectivity index (χ3n) is 6.94. The van der Waals surface area contributed by atoms with Crippen molar-refractivity contribution in [2.24, 2.45) is 5.92 Å². The van der Waals surface area contributed by atoms with E-state index in [0.29, 0.717) is 35.6 Å². The first-order valence-electron chi connectivity index (χ1n) is 11.2. The minimum Gasteiger partial charge on any atom is -0.457 e. The second kappa shape index (κ2) is 7.85. The number of aromatic nitrogens is 1. The summed E-state index contributed by atoms with van der Waals surface area (Å²) in [7, 11) is 0. The topological polar surface area (TPSA) is 63.6 Å². The van der Waals surface area contributed by atoms with Gasteiger partial charge in [0, 0.05) is 48.4 Å². The van der Waals surface area contributed by atoms with Crippen LogP contribution in [0.2, 0.25) is 0 Å². The number of nitrogens with one attached hydrogen (secondary N) is 1. The van der Waals surface area contributed by atoms with E-state index in [1.807, 2.05) is 65.2 Å². The standard InChI is InChI=1S/C26H23N3O3S/c30-23-11-5-8-20-17-12-16(14-29(20)23)13-28(15-17)26(33)27-25(31)24-18-6-1-3-9-21(18)32-22-10-4-2-7-19(22)24/h1-11,16-17,24H,12-15H2,(H,27,31,33). The summed E-state index contributed by atoms with van der Waals surface area (Å²) in [6.45, 7) is 2.12. The lowest BCUT2D eigenvalue weighted by molar-refractivity contribution is -0.120. The number of pyridine rings is 1. The van der Waals surface area contributed by atoms with Crippen LogP contribution in [-0.2, 0) is 11.3 Å². The molecular formula is C26H23N3O3S. The van der Waals surface area contributed by atoms with Crippen LogP contribution in [0.1, 0.15) is 35.1 Å². The van der Waals surface area contributed by atoms with Gasteiger partial charge < -0.3 is 19.5 Å². The number of fused-ring (bicyclic) bond motifs is 6. The number of rotatable bonds is 1. The van der Waals surface area contributed by atoms with Crippen LogP contribution in [0.3, 0.4) is 0 Å². The fourth-order valence-corrected chi connectivity index (χ4v) is 5.76. The molecule has 3 aliphatic heterocycles. The molecule has 0 aliphatic carbocycles. The number of likely N-dealkylation sites (tertiary alicyclic amines) is 1. The monoisotopic (exact) mass is 457 g/mol. The molecule has 2 bridgehead atoms. The smallest absolute Gasteiger partial charge is 0.250 e. The quantitative estimate of drug-likeness (QED) is 0.566. The highest BCUT2D eigenvalue weighted by Gasteiger charge is 2.37. The first-order chi connectivity index (χ1) is 16.1. The molecule has 0 radical (unpaired) electrons. The number of amides is 1. The molecule has 6 rings (SSSR count). The van der Waals surface area contributed by atoms with Gasteiger partial charge in [-0.2, -0.15) is 0 Å². The van der Waals surface area contributed by atoms with Crippen molar-refractivity contribution in [3.05, 3.63) is 93.9 Å². The van der Waals surface area contributed by atoms with Crippen molar-refractivity contribution in [1.29, 1.82) is 0 Å². The van der Waals surface area contributed by atoms with Crippen molar-refractivity contribution < 1.29 is 9.53 Å². The summed E-state index contributed by atoms with van der Waals surface area (Å²) in [6.07, 6.45) is 1.04. The molecule has 166 valence electrons. The molecule has 4 heterocycles. The Morgan fingerprint density at radius 2 is 1.61 bits per heavy atom. The Kier molecular flexibility index (Phi) is 4.80. The Labute approximate surface area is 196 Å². The summed E-state index contributed by atoms with van der Waals surface area (Å²) < 4.78 is 7.92. The Morgan fingerprint density at radius 3 is 2.33 bits per heavy atom. The first kappa shape index (κ1) is 20.2. The predicted octanol–water partition coefficient (Wildman–Crippen LogP) is 3.61. The lowest BCUT2D eigenvalue weighted by atomic mass is 9.83. The van der Waals surface area contributed by atoms with Crippen LogP contribution >= 0.6 is 12.2 Å². The molecule has 1 saturated heterocycles. The number of benzene rings is 2. The molecule has 1 N–H and O–H groups in total. The average Bonchev–Trinajstić information content (AvgIpc) is 2.83. The van der Waals surface area contributed by atoms with Gasteiger partial charge in [0.2, 0.25) is 5.91 Å². The summed E-state index contributed by atoms with van der Waals surface area (Å²) in [5.74, 6) is 1.29. The number of thiocarbonyl (C=S) groups is 1. The van der Waals surface area contributed by atoms with Gasteiger partial charge >= 0.3 is 0 Å². The molecule has 2 unspecified atom stereocenters. The van der Waals surface area contributed by atoms with E-state index in [0.717, 1.165) is 29.8 Å². The number of hydrogen-bond donors (Lipinski definition) is 1. The Hall–Kier alpha value is -3.45. The van der Waals surface area contributed by atoms with Crippen molar-refractivity contribution in [3.63, 3.8) is 0 Å². The van der Waals surface area contributed by atoms with Crippen LogP contribution < -0.4 is 15.6 Å². The fourth-order valence-electron chi connectivity index (χ4n) is 5.51. The third kappa shape index (κ3) is 3.43. The number of hydrogen-bond acceptors (Lipinski definition) is 4. The predicted molar refractivity (Wildman–Crippen MR) is 129 cm³/mol. The lowest BCUT2D eigenvalue weighted by Gasteiger charge is -2.43. The number of piperidine rings is 1.